The molecule has 3 aromatic rings. The third-order valence-corrected chi connectivity index (χ3v) is 6.39. The van der Waals surface area contributed by atoms with Crippen LogP contribution >= 0.6 is 0 Å². The maximum atomic E-state index is 13.3. The van der Waals surface area contributed by atoms with Crippen LogP contribution in [0.2, 0.25) is 0 Å². The van der Waals surface area contributed by atoms with E-state index in [0.29, 0.717) is 12.2 Å². The third kappa shape index (κ3) is 2.87. The molecule has 0 N–H and O–H groups in total. The molecular weight excluding hydrogens is 364 g/mol. The molecule has 0 aromatic carbocycles. The van der Waals surface area contributed by atoms with Crippen molar-refractivity contribution in [2.45, 2.75) is 38.0 Å². The SMILES string of the molecule is Cc1cccn2cc(C(=O)N3CCCC4(CCc5cnc(N(C)C)nc54)C3)nc12. The van der Waals surface area contributed by atoms with Gasteiger partial charge in [-0.3, -0.25) is 4.79 Å². The van der Waals surface area contributed by atoms with Crippen LogP contribution in [0.5, 0.6) is 0 Å². The Labute approximate surface area is 170 Å². The Balaban J connectivity index is 1.46. The highest BCUT2D eigenvalue weighted by molar-refractivity contribution is 5.93. The molecule has 1 atom stereocenters. The number of imidazole rings is 1. The number of likely N-dealkylation sites (tertiary alicyclic amines) is 1. The van der Waals surface area contributed by atoms with Crippen molar-refractivity contribution in [3.05, 3.63) is 53.2 Å². The van der Waals surface area contributed by atoms with Crippen molar-refractivity contribution < 1.29 is 4.79 Å². The van der Waals surface area contributed by atoms with Crippen LogP contribution in [0.3, 0.4) is 0 Å². The van der Waals surface area contributed by atoms with E-state index in [9.17, 15) is 4.79 Å². The second-order valence-corrected chi connectivity index (χ2v) is 8.60. The average Bonchev–Trinajstić information content (AvgIpc) is 3.31. The van der Waals surface area contributed by atoms with Crippen molar-refractivity contribution >= 4 is 17.5 Å². The van der Waals surface area contributed by atoms with E-state index < -0.39 is 0 Å². The van der Waals surface area contributed by atoms with Gasteiger partial charge < -0.3 is 14.2 Å². The zero-order valence-corrected chi connectivity index (χ0v) is 17.2. The maximum absolute atomic E-state index is 13.3. The van der Waals surface area contributed by atoms with Gasteiger partial charge in [0.2, 0.25) is 5.95 Å². The molecule has 150 valence electrons. The average molecular weight is 390 g/mol. The normalized spacial score (nSPS) is 21.0. The van der Waals surface area contributed by atoms with Crippen LogP contribution in [-0.2, 0) is 11.8 Å². The number of anilines is 1. The van der Waals surface area contributed by atoms with E-state index in [2.05, 4.69) is 9.97 Å². The molecule has 4 heterocycles. The lowest BCUT2D eigenvalue weighted by Gasteiger charge is -2.40. The Morgan fingerprint density at radius 3 is 2.90 bits per heavy atom. The zero-order chi connectivity index (χ0) is 20.2. The van der Waals surface area contributed by atoms with Crippen LogP contribution in [0.4, 0.5) is 5.95 Å². The lowest BCUT2D eigenvalue weighted by Crippen LogP contribution is -2.48. The van der Waals surface area contributed by atoms with Crippen molar-refractivity contribution in [3.63, 3.8) is 0 Å². The topological polar surface area (TPSA) is 66.6 Å². The predicted octanol–water partition coefficient (Wildman–Crippen LogP) is 2.62. The largest absolute Gasteiger partial charge is 0.347 e. The van der Waals surface area contributed by atoms with Gasteiger partial charge in [-0.05, 0) is 49.8 Å². The number of hydrogen-bond acceptors (Lipinski definition) is 5. The smallest absolute Gasteiger partial charge is 0.274 e. The van der Waals surface area contributed by atoms with E-state index in [0.717, 1.165) is 55.1 Å². The highest BCUT2D eigenvalue weighted by Crippen LogP contribution is 2.44. The fourth-order valence-electron chi connectivity index (χ4n) is 4.87. The van der Waals surface area contributed by atoms with Crippen LogP contribution in [0.15, 0.2) is 30.7 Å². The fraction of sp³-hybridized carbons (Fsp3) is 0.455. The number of nitrogens with zero attached hydrogens (tertiary/aromatic N) is 6. The van der Waals surface area contributed by atoms with Gasteiger partial charge in [0.15, 0.2) is 0 Å². The van der Waals surface area contributed by atoms with Gasteiger partial charge in [0, 0.05) is 51.2 Å². The molecule has 1 saturated heterocycles. The highest BCUT2D eigenvalue weighted by Gasteiger charge is 2.45. The fourth-order valence-corrected chi connectivity index (χ4v) is 4.87. The summed E-state index contributed by atoms with van der Waals surface area (Å²) in [5.41, 5.74) is 4.74. The number of fused-ring (bicyclic) bond motifs is 3. The van der Waals surface area contributed by atoms with Gasteiger partial charge in [-0.2, -0.15) is 0 Å². The predicted molar refractivity (Wildman–Crippen MR) is 111 cm³/mol. The number of pyridine rings is 1. The lowest BCUT2D eigenvalue weighted by molar-refractivity contribution is 0.0628. The van der Waals surface area contributed by atoms with Gasteiger partial charge in [-0.25, -0.2) is 15.0 Å². The second kappa shape index (κ2) is 6.54. The van der Waals surface area contributed by atoms with E-state index in [-0.39, 0.29) is 11.3 Å². The van der Waals surface area contributed by atoms with E-state index in [4.69, 9.17) is 4.98 Å². The standard InChI is InChI=1S/C22H26N6O/c1-15-6-4-10-27-13-17(24-19(15)27)20(29)28-11-5-8-22(14-28)9-7-16-12-23-21(26(2)3)25-18(16)22/h4,6,10,12-13H,5,7-9,11,14H2,1-3H3. The summed E-state index contributed by atoms with van der Waals surface area (Å²) < 4.78 is 1.93. The molecule has 0 bridgehead atoms. The Morgan fingerprint density at radius 1 is 1.24 bits per heavy atom. The molecule has 7 nitrogen and oxygen atoms in total. The Morgan fingerprint density at radius 2 is 2.10 bits per heavy atom. The number of rotatable bonds is 2. The molecule has 1 fully saturated rings. The van der Waals surface area contributed by atoms with Gasteiger partial charge in [-0.15, -0.1) is 0 Å². The van der Waals surface area contributed by atoms with Gasteiger partial charge in [0.25, 0.3) is 5.91 Å². The summed E-state index contributed by atoms with van der Waals surface area (Å²) in [4.78, 5) is 31.2. The summed E-state index contributed by atoms with van der Waals surface area (Å²) in [6.07, 6.45) is 9.83. The van der Waals surface area contributed by atoms with Crippen LogP contribution in [-0.4, -0.2) is 57.3 Å². The Kier molecular flexibility index (Phi) is 4.08. The molecule has 1 spiro atoms. The minimum atomic E-state index is -0.0635. The number of aryl methyl sites for hydroxylation is 2. The summed E-state index contributed by atoms with van der Waals surface area (Å²) >= 11 is 0. The first-order valence-corrected chi connectivity index (χ1v) is 10.2. The minimum absolute atomic E-state index is 0.0162. The molecule has 3 aromatic heterocycles. The van der Waals surface area contributed by atoms with Crippen molar-refractivity contribution in [2.75, 3.05) is 32.1 Å². The second-order valence-electron chi connectivity index (χ2n) is 8.60. The van der Waals surface area contributed by atoms with Crippen LogP contribution in [0.1, 0.15) is 46.6 Å². The summed E-state index contributed by atoms with van der Waals surface area (Å²) in [6.45, 7) is 3.49. The third-order valence-electron chi connectivity index (χ3n) is 6.39. The monoisotopic (exact) mass is 390 g/mol. The number of piperidine rings is 1. The molecule has 1 amide bonds. The molecule has 7 heteroatoms. The highest BCUT2D eigenvalue weighted by atomic mass is 16.2. The summed E-state index contributed by atoms with van der Waals surface area (Å²) in [5, 5.41) is 0. The molecule has 0 radical (unpaired) electrons. The molecule has 1 unspecified atom stereocenters. The molecule has 2 aliphatic rings. The molecule has 1 aliphatic heterocycles. The first-order chi connectivity index (χ1) is 14.0. The van der Waals surface area contributed by atoms with E-state index >= 15 is 0 Å². The van der Waals surface area contributed by atoms with Crippen molar-refractivity contribution in [1.82, 2.24) is 24.3 Å². The first-order valence-electron chi connectivity index (χ1n) is 10.2. The van der Waals surface area contributed by atoms with Gasteiger partial charge >= 0.3 is 0 Å². The number of carbonyl (C=O) groups excluding carboxylic acids is 1. The van der Waals surface area contributed by atoms with Crippen LogP contribution in [0.25, 0.3) is 5.65 Å². The number of amides is 1. The molecule has 1 aliphatic carbocycles. The van der Waals surface area contributed by atoms with Crippen molar-refractivity contribution in [1.29, 1.82) is 0 Å². The Bertz CT molecular complexity index is 1100. The van der Waals surface area contributed by atoms with Crippen LogP contribution in [0, 0.1) is 6.92 Å². The first kappa shape index (κ1) is 18.1. The van der Waals surface area contributed by atoms with E-state index in [1.807, 2.05) is 65.9 Å². The quantitative estimate of drug-likeness (QED) is 0.673. The molecule has 0 saturated carbocycles. The van der Waals surface area contributed by atoms with Crippen LogP contribution < -0.4 is 4.90 Å². The summed E-state index contributed by atoms with van der Waals surface area (Å²) in [7, 11) is 3.93. The van der Waals surface area contributed by atoms with Crippen molar-refractivity contribution in [2.24, 2.45) is 0 Å². The molecule has 29 heavy (non-hydrogen) atoms. The molecular formula is C22H26N6O. The van der Waals surface area contributed by atoms with E-state index in [1.165, 1.54) is 5.56 Å². The van der Waals surface area contributed by atoms with Gasteiger partial charge in [-0.1, -0.05) is 6.07 Å². The maximum Gasteiger partial charge on any atom is 0.274 e. The minimum Gasteiger partial charge on any atom is -0.347 e. The van der Waals surface area contributed by atoms with Gasteiger partial charge in [0.1, 0.15) is 11.3 Å². The zero-order valence-electron chi connectivity index (χ0n) is 17.2. The number of carbonyl (C=O) groups is 1. The molecule has 5 rings (SSSR count). The van der Waals surface area contributed by atoms with E-state index in [1.54, 1.807) is 0 Å². The van der Waals surface area contributed by atoms with Gasteiger partial charge in [0.05, 0.1) is 5.69 Å². The summed E-state index contributed by atoms with van der Waals surface area (Å²) in [6, 6.07) is 4.00. The number of aromatic nitrogens is 4. The lowest BCUT2D eigenvalue weighted by atomic mass is 9.77. The summed E-state index contributed by atoms with van der Waals surface area (Å²) in [5.74, 6) is 0.756. The Hall–Kier alpha value is -2.96. The van der Waals surface area contributed by atoms with Crippen molar-refractivity contribution in [3.8, 4) is 0 Å². The number of hydrogen-bond donors (Lipinski definition) is 0.